The van der Waals surface area contributed by atoms with Gasteiger partial charge in [-0.3, -0.25) is 15.4 Å². The second-order valence-electron chi connectivity index (χ2n) is 7.28. The van der Waals surface area contributed by atoms with Gasteiger partial charge in [0.1, 0.15) is 11.3 Å². The summed E-state index contributed by atoms with van der Waals surface area (Å²) in [5.74, 6) is -0.444. The summed E-state index contributed by atoms with van der Waals surface area (Å²) in [6, 6.07) is 12.1. The van der Waals surface area contributed by atoms with Gasteiger partial charge in [-0.1, -0.05) is 23.3 Å². The number of rotatable bonds is 11. The molecule has 1 atom stereocenters. The normalized spacial score (nSPS) is 12.5. The summed E-state index contributed by atoms with van der Waals surface area (Å²) in [7, 11) is 2.61. The number of benzene rings is 2. The number of hydrogen-bond acceptors (Lipinski definition) is 7. The Morgan fingerprint density at radius 3 is 2.79 bits per heavy atom. The molecule has 0 saturated heterocycles. The van der Waals surface area contributed by atoms with Crippen molar-refractivity contribution in [2.24, 2.45) is 5.11 Å². The fourth-order valence-electron chi connectivity index (χ4n) is 3.94. The number of nitrogens with one attached hydrogen (secondary N) is 2. The standard InChI is InChI=1S/C22H24N6O5/c1-32-16-7-8-18(20(13-16)28(30)31)22(21(29)33-2,10-12-26-27-23)25-11-9-15-14-24-19-6-4-3-5-17(15)19/h3-8,13-14,24-25H,9-12H2,1-2H3/t22-/m1/s1. The maximum absolute atomic E-state index is 13.1. The zero-order chi connectivity index (χ0) is 23.8. The van der Waals surface area contributed by atoms with Gasteiger partial charge < -0.3 is 14.5 Å². The Bertz CT molecular complexity index is 1200. The predicted molar refractivity (Wildman–Crippen MR) is 122 cm³/mol. The average molecular weight is 452 g/mol. The van der Waals surface area contributed by atoms with Gasteiger partial charge in [-0.25, -0.2) is 4.79 Å². The molecule has 172 valence electrons. The zero-order valence-electron chi connectivity index (χ0n) is 18.3. The van der Waals surface area contributed by atoms with Gasteiger partial charge in [-0.05, 0) is 42.1 Å². The van der Waals surface area contributed by atoms with Crippen LogP contribution in [0.4, 0.5) is 5.69 Å². The molecule has 11 heteroatoms. The van der Waals surface area contributed by atoms with Crippen molar-refractivity contribution >= 4 is 22.6 Å². The molecule has 0 spiro atoms. The molecule has 0 saturated carbocycles. The molecule has 0 bridgehead atoms. The molecule has 0 amide bonds. The van der Waals surface area contributed by atoms with Crippen LogP contribution in [-0.4, -0.2) is 43.2 Å². The lowest BCUT2D eigenvalue weighted by atomic mass is 9.84. The van der Waals surface area contributed by atoms with Crippen molar-refractivity contribution in [1.29, 1.82) is 0 Å². The smallest absolute Gasteiger partial charge is 0.330 e. The van der Waals surface area contributed by atoms with Crippen LogP contribution < -0.4 is 10.1 Å². The number of nitro groups is 1. The Hall–Kier alpha value is -4.08. The van der Waals surface area contributed by atoms with Crippen LogP contribution >= 0.6 is 0 Å². The highest BCUT2D eigenvalue weighted by molar-refractivity contribution is 5.85. The molecule has 1 aromatic heterocycles. The predicted octanol–water partition coefficient (Wildman–Crippen LogP) is 3.99. The monoisotopic (exact) mass is 452 g/mol. The van der Waals surface area contributed by atoms with Gasteiger partial charge in [0.2, 0.25) is 0 Å². The molecule has 0 unspecified atom stereocenters. The van der Waals surface area contributed by atoms with Crippen molar-refractivity contribution in [2.75, 3.05) is 27.3 Å². The summed E-state index contributed by atoms with van der Waals surface area (Å²) in [6.07, 6.45) is 2.39. The van der Waals surface area contributed by atoms with E-state index in [0.717, 1.165) is 16.5 Å². The fraction of sp³-hybridized carbons (Fsp3) is 0.318. The van der Waals surface area contributed by atoms with Gasteiger partial charge in [0, 0.05) is 35.1 Å². The first-order valence-corrected chi connectivity index (χ1v) is 10.2. The minimum absolute atomic E-state index is 0.0369. The van der Waals surface area contributed by atoms with E-state index in [-0.39, 0.29) is 30.0 Å². The minimum atomic E-state index is -1.61. The number of carbonyl (C=O) groups excluding carboxylic acids is 1. The summed E-state index contributed by atoms with van der Waals surface area (Å²) in [5, 5.41) is 19.6. The maximum atomic E-state index is 13.1. The van der Waals surface area contributed by atoms with Crippen LogP contribution in [0.2, 0.25) is 0 Å². The number of esters is 1. The molecule has 0 radical (unpaired) electrons. The summed E-state index contributed by atoms with van der Waals surface area (Å²) in [5.41, 5.74) is 8.94. The largest absolute Gasteiger partial charge is 0.497 e. The summed E-state index contributed by atoms with van der Waals surface area (Å²) < 4.78 is 10.2. The van der Waals surface area contributed by atoms with Crippen LogP contribution in [-0.2, 0) is 21.5 Å². The fourth-order valence-corrected chi connectivity index (χ4v) is 3.94. The van der Waals surface area contributed by atoms with Gasteiger partial charge in [-0.2, -0.15) is 0 Å². The number of fused-ring (bicyclic) bond motifs is 1. The molecule has 0 aliphatic carbocycles. The molecular formula is C22H24N6O5. The van der Waals surface area contributed by atoms with Gasteiger partial charge in [-0.15, -0.1) is 0 Å². The molecule has 3 aromatic rings. The molecule has 33 heavy (non-hydrogen) atoms. The Morgan fingerprint density at radius 2 is 2.09 bits per heavy atom. The first-order valence-electron chi connectivity index (χ1n) is 10.2. The van der Waals surface area contributed by atoms with Gasteiger partial charge in [0.15, 0.2) is 0 Å². The van der Waals surface area contributed by atoms with Crippen molar-refractivity contribution in [1.82, 2.24) is 10.3 Å². The van der Waals surface area contributed by atoms with Crippen LogP contribution in [0.25, 0.3) is 21.3 Å². The highest BCUT2D eigenvalue weighted by atomic mass is 16.6. The lowest BCUT2D eigenvalue weighted by molar-refractivity contribution is -0.386. The molecule has 11 nitrogen and oxygen atoms in total. The Balaban J connectivity index is 2.01. The number of hydrogen-bond donors (Lipinski definition) is 2. The number of H-pyrrole nitrogens is 1. The molecule has 3 rings (SSSR count). The topological polar surface area (TPSA) is 155 Å². The quantitative estimate of drug-likeness (QED) is 0.112. The molecule has 1 heterocycles. The van der Waals surface area contributed by atoms with E-state index in [4.69, 9.17) is 15.0 Å². The van der Waals surface area contributed by atoms with Crippen LogP contribution in [0.3, 0.4) is 0 Å². The van der Waals surface area contributed by atoms with Crippen LogP contribution in [0.5, 0.6) is 5.75 Å². The SMILES string of the molecule is COC(=O)[C@](CCN=[N+]=[N-])(NCCc1c[nH]c2ccccc12)c1ccc(OC)cc1[N+](=O)[O-]. The number of nitro benzene ring substituents is 1. The van der Waals surface area contributed by atoms with Crippen molar-refractivity contribution in [3.8, 4) is 5.75 Å². The maximum Gasteiger partial charge on any atom is 0.330 e. The number of para-hydroxylation sites is 1. The number of nitrogens with zero attached hydrogens (tertiary/aromatic N) is 4. The average Bonchev–Trinajstić information content (AvgIpc) is 3.25. The number of aromatic amines is 1. The van der Waals surface area contributed by atoms with Crippen molar-refractivity contribution in [3.05, 3.63) is 80.3 Å². The zero-order valence-corrected chi connectivity index (χ0v) is 18.3. The lowest BCUT2D eigenvalue weighted by Gasteiger charge is -2.32. The van der Waals surface area contributed by atoms with E-state index in [1.165, 1.54) is 32.4 Å². The third kappa shape index (κ3) is 4.89. The molecule has 2 aromatic carbocycles. The van der Waals surface area contributed by atoms with Crippen LogP contribution in [0.15, 0.2) is 53.8 Å². The summed E-state index contributed by atoms with van der Waals surface area (Å²) in [6.45, 7) is 0.227. The first-order chi connectivity index (χ1) is 16.0. The third-order valence-electron chi connectivity index (χ3n) is 5.54. The number of ether oxygens (including phenoxy) is 2. The highest BCUT2D eigenvalue weighted by Gasteiger charge is 2.45. The van der Waals surface area contributed by atoms with Gasteiger partial charge in [0.05, 0.1) is 30.8 Å². The molecular weight excluding hydrogens is 428 g/mol. The van der Waals surface area contributed by atoms with E-state index >= 15 is 0 Å². The molecule has 0 fully saturated rings. The van der Waals surface area contributed by atoms with E-state index < -0.39 is 16.4 Å². The first kappa shape index (κ1) is 23.6. The summed E-state index contributed by atoms with van der Waals surface area (Å²) in [4.78, 5) is 30.3. The van der Waals surface area contributed by atoms with Gasteiger partial charge in [0.25, 0.3) is 5.69 Å². The lowest BCUT2D eigenvalue weighted by Crippen LogP contribution is -2.51. The highest BCUT2D eigenvalue weighted by Crippen LogP contribution is 2.36. The number of methoxy groups -OCH3 is 2. The second-order valence-corrected chi connectivity index (χ2v) is 7.28. The van der Waals surface area contributed by atoms with Crippen molar-refractivity contribution in [2.45, 2.75) is 18.4 Å². The van der Waals surface area contributed by atoms with E-state index in [1.807, 2.05) is 30.5 Å². The number of carbonyl (C=O) groups is 1. The van der Waals surface area contributed by atoms with Crippen molar-refractivity contribution < 1.29 is 19.2 Å². The Labute approximate surface area is 189 Å². The van der Waals surface area contributed by atoms with E-state index in [2.05, 4.69) is 20.3 Å². The Kier molecular flexibility index (Phi) is 7.50. The Morgan fingerprint density at radius 1 is 1.30 bits per heavy atom. The minimum Gasteiger partial charge on any atom is -0.497 e. The summed E-state index contributed by atoms with van der Waals surface area (Å²) >= 11 is 0. The van der Waals surface area contributed by atoms with Crippen LogP contribution in [0, 0.1) is 10.1 Å². The van der Waals surface area contributed by atoms with Crippen molar-refractivity contribution in [3.63, 3.8) is 0 Å². The molecule has 2 N–H and O–H groups in total. The number of aromatic nitrogens is 1. The molecule has 0 aliphatic rings. The van der Waals surface area contributed by atoms with Gasteiger partial charge >= 0.3 is 5.97 Å². The second kappa shape index (κ2) is 10.5. The molecule has 0 aliphatic heterocycles. The third-order valence-corrected chi connectivity index (χ3v) is 5.54. The van der Waals surface area contributed by atoms with Crippen LogP contribution in [0.1, 0.15) is 17.5 Å². The van der Waals surface area contributed by atoms with E-state index in [0.29, 0.717) is 13.0 Å². The van der Waals surface area contributed by atoms with E-state index in [9.17, 15) is 14.9 Å². The van der Waals surface area contributed by atoms with E-state index in [1.54, 1.807) is 0 Å². The number of azide groups is 1.